The number of hydrogen-bond donors (Lipinski definition) is 1. The first-order chi connectivity index (χ1) is 7.27. The highest BCUT2D eigenvalue weighted by atomic mass is 32.1. The Morgan fingerprint density at radius 3 is 3.13 bits per heavy atom. The summed E-state index contributed by atoms with van der Waals surface area (Å²) in [6.45, 7) is 0. The van der Waals surface area contributed by atoms with E-state index in [1.807, 2.05) is 11.4 Å². The van der Waals surface area contributed by atoms with Crippen molar-refractivity contribution < 1.29 is 9.90 Å². The van der Waals surface area contributed by atoms with Crippen LogP contribution >= 0.6 is 11.3 Å². The molecular weight excluding hydrogens is 208 g/mol. The van der Waals surface area contributed by atoms with Crippen LogP contribution in [-0.4, -0.2) is 11.1 Å². The van der Waals surface area contributed by atoms with E-state index in [0.717, 1.165) is 19.3 Å². The zero-order valence-electron chi connectivity index (χ0n) is 8.43. The van der Waals surface area contributed by atoms with Crippen LogP contribution in [-0.2, 0) is 11.2 Å². The molecule has 1 aromatic rings. The second-order valence-corrected chi connectivity index (χ2v) is 4.93. The van der Waals surface area contributed by atoms with Crippen molar-refractivity contribution in [1.29, 1.82) is 0 Å². The normalized spacial score (nSPS) is 25.3. The van der Waals surface area contributed by atoms with Crippen LogP contribution in [0.1, 0.15) is 17.7 Å². The second kappa shape index (κ2) is 4.62. The van der Waals surface area contributed by atoms with Gasteiger partial charge in [-0.2, -0.15) is 0 Å². The molecule has 1 heterocycles. The quantitative estimate of drug-likeness (QED) is 0.798. The van der Waals surface area contributed by atoms with Gasteiger partial charge in [0.05, 0.1) is 5.92 Å². The Morgan fingerprint density at radius 1 is 1.60 bits per heavy atom. The van der Waals surface area contributed by atoms with Gasteiger partial charge >= 0.3 is 5.97 Å². The third kappa shape index (κ3) is 2.48. The minimum absolute atomic E-state index is 0.176. The minimum Gasteiger partial charge on any atom is -0.481 e. The summed E-state index contributed by atoms with van der Waals surface area (Å²) in [6, 6.07) is 4.09. The predicted octanol–water partition coefficient (Wildman–Crippen LogP) is 2.96. The summed E-state index contributed by atoms with van der Waals surface area (Å²) in [7, 11) is 0. The number of allylic oxidation sites excluding steroid dienone is 2. The fraction of sp³-hybridized carbons (Fsp3) is 0.417. The maximum Gasteiger partial charge on any atom is 0.307 e. The third-order valence-electron chi connectivity index (χ3n) is 2.88. The molecule has 80 valence electrons. The van der Waals surface area contributed by atoms with Gasteiger partial charge in [0, 0.05) is 4.88 Å². The van der Waals surface area contributed by atoms with E-state index in [2.05, 4.69) is 18.2 Å². The molecule has 2 unspecified atom stereocenters. The fourth-order valence-electron chi connectivity index (χ4n) is 2.07. The van der Waals surface area contributed by atoms with Crippen LogP contribution in [0.25, 0.3) is 0 Å². The molecule has 1 aliphatic carbocycles. The van der Waals surface area contributed by atoms with Gasteiger partial charge in [-0.25, -0.2) is 0 Å². The van der Waals surface area contributed by atoms with Crippen molar-refractivity contribution in [2.24, 2.45) is 11.8 Å². The largest absolute Gasteiger partial charge is 0.481 e. The van der Waals surface area contributed by atoms with Crippen LogP contribution in [0.3, 0.4) is 0 Å². The Labute approximate surface area is 93.3 Å². The van der Waals surface area contributed by atoms with E-state index in [1.54, 1.807) is 11.3 Å². The summed E-state index contributed by atoms with van der Waals surface area (Å²) in [5, 5.41) is 11.1. The Hall–Kier alpha value is -1.09. The molecule has 0 bridgehead atoms. The van der Waals surface area contributed by atoms with Crippen LogP contribution < -0.4 is 0 Å². The molecule has 0 amide bonds. The summed E-state index contributed by atoms with van der Waals surface area (Å²) in [6.07, 6.45) is 6.73. The Balaban J connectivity index is 2.08. The highest BCUT2D eigenvalue weighted by Gasteiger charge is 2.27. The summed E-state index contributed by atoms with van der Waals surface area (Å²) in [5.74, 6) is -0.673. The smallest absolute Gasteiger partial charge is 0.307 e. The van der Waals surface area contributed by atoms with E-state index in [4.69, 9.17) is 5.11 Å². The maximum atomic E-state index is 11.1. The van der Waals surface area contributed by atoms with E-state index in [0.29, 0.717) is 0 Å². The lowest BCUT2D eigenvalue weighted by Crippen LogP contribution is -2.25. The van der Waals surface area contributed by atoms with Crippen LogP contribution in [0.5, 0.6) is 0 Å². The van der Waals surface area contributed by atoms with Gasteiger partial charge < -0.3 is 5.11 Å². The molecule has 0 saturated heterocycles. The van der Waals surface area contributed by atoms with Crippen LogP contribution in [0, 0.1) is 11.8 Å². The Kier molecular flexibility index (Phi) is 3.21. The van der Waals surface area contributed by atoms with Gasteiger partial charge in [-0.15, -0.1) is 11.3 Å². The molecule has 0 aliphatic heterocycles. The van der Waals surface area contributed by atoms with E-state index in [9.17, 15) is 4.79 Å². The molecule has 3 heteroatoms. The van der Waals surface area contributed by atoms with Crippen molar-refractivity contribution in [3.05, 3.63) is 34.5 Å². The standard InChI is InChI=1S/C12H14O2S/c13-12(14)11-6-2-1-4-9(11)8-10-5-3-7-15-10/h1,3-5,7,9,11H,2,6,8H2,(H,13,14). The van der Waals surface area contributed by atoms with Crippen LogP contribution in [0.15, 0.2) is 29.7 Å². The van der Waals surface area contributed by atoms with Crippen LogP contribution in [0.4, 0.5) is 0 Å². The summed E-state index contributed by atoms with van der Waals surface area (Å²) in [5.41, 5.74) is 0. The van der Waals surface area contributed by atoms with E-state index in [-0.39, 0.29) is 11.8 Å². The lowest BCUT2D eigenvalue weighted by atomic mass is 9.82. The topological polar surface area (TPSA) is 37.3 Å². The van der Waals surface area contributed by atoms with Gasteiger partial charge in [0.15, 0.2) is 0 Å². The Morgan fingerprint density at radius 2 is 2.47 bits per heavy atom. The SMILES string of the molecule is O=C(O)C1CCC=CC1Cc1cccs1. The highest BCUT2D eigenvalue weighted by molar-refractivity contribution is 7.09. The number of carbonyl (C=O) groups is 1. The summed E-state index contributed by atoms with van der Waals surface area (Å²) >= 11 is 1.70. The van der Waals surface area contributed by atoms with Crippen LogP contribution in [0.2, 0.25) is 0 Å². The lowest BCUT2D eigenvalue weighted by molar-refractivity contribution is -0.143. The molecule has 0 radical (unpaired) electrons. The zero-order valence-corrected chi connectivity index (χ0v) is 9.24. The van der Waals surface area contributed by atoms with Crippen molar-refractivity contribution in [3.63, 3.8) is 0 Å². The highest BCUT2D eigenvalue weighted by Crippen LogP contribution is 2.29. The lowest BCUT2D eigenvalue weighted by Gasteiger charge is -2.23. The van der Waals surface area contributed by atoms with Gasteiger partial charge in [0.1, 0.15) is 0 Å². The van der Waals surface area contributed by atoms with E-state index < -0.39 is 5.97 Å². The van der Waals surface area contributed by atoms with Crippen molar-refractivity contribution >= 4 is 17.3 Å². The fourth-order valence-corrected chi connectivity index (χ4v) is 2.85. The molecule has 2 rings (SSSR count). The summed E-state index contributed by atoms with van der Waals surface area (Å²) < 4.78 is 0. The number of aliphatic carboxylic acids is 1. The van der Waals surface area contributed by atoms with Crippen molar-refractivity contribution in [2.75, 3.05) is 0 Å². The van der Waals surface area contributed by atoms with Crippen molar-refractivity contribution in [3.8, 4) is 0 Å². The number of carboxylic acids is 1. The molecular formula is C12H14O2S. The molecule has 1 aliphatic rings. The van der Waals surface area contributed by atoms with Crippen molar-refractivity contribution in [2.45, 2.75) is 19.3 Å². The molecule has 0 spiro atoms. The Bertz CT molecular complexity index is 354. The van der Waals surface area contributed by atoms with Gasteiger partial charge in [0.2, 0.25) is 0 Å². The first-order valence-corrected chi connectivity index (χ1v) is 6.07. The van der Waals surface area contributed by atoms with E-state index in [1.165, 1.54) is 4.88 Å². The molecule has 1 aromatic heterocycles. The minimum atomic E-state index is -0.652. The van der Waals surface area contributed by atoms with Gasteiger partial charge in [-0.1, -0.05) is 18.2 Å². The zero-order chi connectivity index (χ0) is 10.7. The first kappa shape index (κ1) is 10.4. The number of rotatable bonds is 3. The molecule has 0 fully saturated rings. The van der Waals surface area contributed by atoms with Gasteiger partial charge in [-0.05, 0) is 36.6 Å². The molecule has 15 heavy (non-hydrogen) atoms. The second-order valence-electron chi connectivity index (χ2n) is 3.90. The first-order valence-electron chi connectivity index (χ1n) is 5.19. The van der Waals surface area contributed by atoms with Crippen molar-refractivity contribution in [1.82, 2.24) is 0 Å². The van der Waals surface area contributed by atoms with Gasteiger partial charge in [0.25, 0.3) is 0 Å². The van der Waals surface area contributed by atoms with E-state index >= 15 is 0 Å². The molecule has 0 aromatic carbocycles. The number of hydrogen-bond acceptors (Lipinski definition) is 2. The summed E-state index contributed by atoms with van der Waals surface area (Å²) in [4.78, 5) is 12.3. The molecule has 1 N–H and O–H groups in total. The maximum absolute atomic E-state index is 11.1. The third-order valence-corrected chi connectivity index (χ3v) is 3.78. The predicted molar refractivity (Wildman–Crippen MR) is 61.0 cm³/mol. The monoisotopic (exact) mass is 222 g/mol. The van der Waals surface area contributed by atoms with Gasteiger partial charge in [-0.3, -0.25) is 4.79 Å². The average molecular weight is 222 g/mol. The molecule has 0 saturated carbocycles. The number of thiophene rings is 1. The number of carboxylic acid groups (broad SMARTS) is 1. The average Bonchev–Trinajstić information content (AvgIpc) is 2.71. The molecule has 2 nitrogen and oxygen atoms in total. The molecule has 2 atom stereocenters.